The molecule has 0 spiro atoms. The summed E-state index contributed by atoms with van der Waals surface area (Å²) in [6.07, 6.45) is 4.79. The van der Waals surface area contributed by atoms with Crippen molar-refractivity contribution in [2.45, 2.75) is 34.1 Å². The summed E-state index contributed by atoms with van der Waals surface area (Å²) in [6, 6.07) is 13.0. The monoisotopic (exact) mass is 403 g/mol. The maximum Gasteiger partial charge on any atom is 0.324 e. The van der Waals surface area contributed by atoms with Crippen molar-refractivity contribution in [2.75, 3.05) is 10.6 Å². The molecular weight excluding hydrogens is 378 g/mol. The molecule has 4 rings (SSSR count). The molecule has 1 aromatic carbocycles. The number of amides is 2. The average Bonchev–Trinajstić information content (AvgIpc) is 3.27. The minimum Gasteiger partial charge on any atom is -0.359 e. The molecular formula is C23H25N5O2. The summed E-state index contributed by atoms with van der Waals surface area (Å²) in [4.78, 5) is 16.9. The van der Waals surface area contributed by atoms with Gasteiger partial charge in [0.15, 0.2) is 5.82 Å². The van der Waals surface area contributed by atoms with Gasteiger partial charge < -0.3 is 14.2 Å². The van der Waals surface area contributed by atoms with Crippen LogP contribution in [0.3, 0.4) is 0 Å². The number of aromatic nitrogens is 3. The van der Waals surface area contributed by atoms with Crippen molar-refractivity contribution in [3.05, 3.63) is 66.2 Å². The minimum atomic E-state index is -0.374. The fourth-order valence-electron chi connectivity index (χ4n) is 3.22. The third-order valence-corrected chi connectivity index (χ3v) is 4.54. The van der Waals surface area contributed by atoms with E-state index in [1.165, 1.54) is 5.56 Å². The van der Waals surface area contributed by atoms with E-state index in [2.05, 4.69) is 48.5 Å². The predicted molar refractivity (Wildman–Crippen MR) is 118 cm³/mol. The Labute approximate surface area is 175 Å². The van der Waals surface area contributed by atoms with E-state index in [4.69, 9.17) is 4.52 Å². The normalized spacial score (nSPS) is 11.6. The number of carbonyl (C=O) groups excluding carboxylic acids is 1. The van der Waals surface area contributed by atoms with Crippen molar-refractivity contribution >= 4 is 23.2 Å². The van der Waals surface area contributed by atoms with E-state index < -0.39 is 0 Å². The Bertz CT molecular complexity index is 1180. The van der Waals surface area contributed by atoms with E-state index in [1.54, 1.807) is 6.07 Å². The SMILES string of the molecule is Cc1ccc2nc(-c3ccc(NC(=O)Nc4cc(CC(C)(C)C)on4)cc3)cn2c1. The van der Waals surface area contributed by atoms with E-state index in [0.717, 1.165) is 29.1 Å². The molecule has 154 valence electrons. The van der Waals surface area contributed by atoms with Crippen LogP contribution in [0.15, 0.2) is 59.4 Å². The van der Waals surface area contributed by atoms with Gasteiger partial charge in [-0.25, -0.2) is 9.78 Å². The molecule has 0 saturated carbocycles. The zero-order valence-corrected chi connectivity index (χ0v) is 17.6. The fraction of sp³-hybridized carbons (Fsp3) is 0.261. The minimum absolute atomic E-state index is 0.0839. The molecule has 7 nitrogen and oxygen atoms in total. The number of fused-ring (bicyclic) bond motifs is 1. The summed E-state index contributed by atoms with van der Waals surface area (Å²) < 4.78 is 7.30. The van der Waals surface area contributed by atoms with Crippen molar-refractivity contribution in [3.63, 3.8) is 0 Å². The number of carbonyl (C=O) groups is 1. The van der Waals surface area contributed by atoms with Crippen LogP contribution in [-0.2, 0) is 6.42 Å². The number of urea groups is 1. The van der Waals surface area contributed by atoms with Crippen LogP contribution in [-0.4, -0.2) is 20.6 Å². The highest BCUT2D eigenvalue weighted by atomic mass is 16.5. The number of nitrogens with zero attached hydrogens (tertiary/aromatic N) is 3. The molecule has 7 heteroatoms. The van der Waals surface area contributed by atoms with E-state index in [1.807, 2.05) is 53.2 Å². The van der Waals surface area contributed by atoms with Gasteiger partial charge in [0.2, 0.25) is 0 Å². The molecule has 0 saturated heterocycles. The second kappa shape index (κ2) is 7.67. The van der Waals surface area contributed by atoms with E-state index in [0.29, 0.717) is 11.5 Å². The molecule has 0 bridgehead atoms. The van der Waals surface area contributed by atoms with Crippen LogP contribution in [0.25, 0.3) is 16.9 Å². The first-order valence-corrected chi connectivity index (χ1v) is 9.85. The molecule has 3 heterocycles. The summed E-state index contributed by atoms with van der Waals surface area (Å²) >= 11 is 0. The number of pyridine rings is 1. The van der Waals surface area contributed by atoms with Gasteiger partial charge in [-0.1, -0.05) is 44.1 Å². The van der Waals surface area contributed by atoms with Gasteiger partial charge >= 0.3 is 6.03 Å². The van der Waals surface area contributed by atoms with Gasteiger partial charge in [-0.05, 0) is 36.1 Å². The maximum atomic E-state index is 12.3. The standard InChI is InChI=1S/C23H25N5O2/c1-15-5-10-21-25-19(14-28(21)13-15)16-6-8-17(9-7-16)24-22(29)26-20-11-18(30-27-20)12-23(2,3)4/h5-11,13-14H,12H2,1-4H3,(H2,24,26,27,29). The van der Waals surface area contributed by atoms with E-state index >= 15 is 0 Å². The van der Waals surface area contributed by atoms with Crippen LogP contribution >= 0.6 is 0 Å². The highest BCUT2D eigenvalue weighted by Crippen LogP contribution is 2.23. The Balaban J connectivity index is 1.40. The molecule has 0 aliphatic carbocycles. The van der Waals surface area contributed by atoms with Gasteiger partial charge in [-0.3, -0.25) is 5.32 Å². The van der Waals surface area contributed by atoms with Crippen LogP contribution in [0.2, 0.25) is 0 Å². The van der Waals surface area contributed by atoms with Crippen molar-refractivity contribution in [1.29, 1.82) is 0 Å². The topological polar surface area (TPSA) is 84.5 Å². The molecule has 2 amide bonds. The summed E-state index contributed by atoms with van der Waals surface area (Å²) in [5.74, 6) is 1.13. The van der Waals surface area contributed by atoms with Crippen LogP contribution in [0.1, 0.15) is 32.1 Å². The van der Waals surface area contributed by atoms with Crippen LogP contribution in [0.4, 0.5) is 16.3 Å². The van der Waals surface area contributed by atoms with Crippen molar-refractivity contribution in [1.82, 2.24) is 14.5 Å². The molecule has 4 aromatic rings. The Morgan fingerprint density at radius 2 is 1.83 bits per heavy atom. The quantitative estimate of drug-likeness (QED) is 0.469. The molecule has 0 radical (unpaired) electrons. The lowest BCUT2D eigenvalue weighted by molar-refractivity contribution is 0.261. The molecule has 3 aromatic heterocycles. The van der Waals surface area contributed by atoms with Crippen LogP contribution in [0, 0.1) is 12.3 Å². The Hall–Kier alpha value is -3.61. The Morgan fingerprint density at radius 3 is 2.57 bits per heavy atom. The smallest absolute Gasteiger partial charge is 0.324 e. The predicted octanol–water partition coefficient (Wildman–Crippen LogP) is 5.53. The average molecular weight is 403 g/mol. The number of anilines is 2. The van der Waals surface area contributed by atoms with Crippen LogP contribution < -0.4 is 10.6 Å². The lowest BCUT2D eigenvalue weighted by Crippen LogP contribution is -2.19. The summed E-state index contributed by atoms with van der Waals surface area (Å²) in [5.41, 5.74) is 4.69. The third-order valence-electron chi connectivity index (χ3n) is 4.54. The molecule has 0 fully saturated rings. The lowest BCUT2D eigenvalue weighted by Gasteiger charge is -2.14. The van der Waals surface area contributed by atoms with Gasteiger partial charge in [0.05, 0.1) is 5.69 Å². The van der Waals surface area contributed by atoms with Gasteiger partial charge in [0.1, 0.15) is 11.4 Å². The number of aryl methyl sites for hydroxylation is 1. The summed E-state index contributed by atoms with van der Waals surface area (Å²) in [5, 5.41) is 9.40. The highest BCUT2D eigenvalue weighted by molar-refractivity contribution is 5.99. The third kappa shape index (κ3) is 4.68. The summed E-state index contributed by atoms with van der Waals surface area (Å²) in [6.45, 7) is 8.40. The first kappa shape index (κ1) is 19.7. The second-order valence-electron chi connectivity index (χ2n) is 8.67. The number of benzene rings is 1. The van der Waals surface area contributed by atoms with E-state index in [-0.39, 0.29) is 11.4 Å². The van der Waals surface area contributed by atoms with Gasteiger partial charge in [-0.15, -0.1) is 0 Å². The zero-order chi connectivity index (χ0) is 21.3. The number of rotatable bonds is 4. The molecule has 30 heavy (non-hydrogen) atoms. The van der Waals surface area contributed by atoms with Crippen molar-refractivity contribution in [3.8, 4) is 11.3 Å². The van der Waals surface area contributed by atoms with E-state index in [9.17, 15) is 4.79 Å². The maximum absolute atomic E-state index is 12.3. The molecule has 0 aliphatic rings. The van der Waals surface area contributed by atoms with Gasteiger partial charge in [0.25, 0.3) is 0 Å². The molecule has 0 unspecified atom stereocenters. The number of hydrogen-bond donors (Lipinski definition) is 2. The van der Waals surface area contributed by atoms with Gasteiger partial charge in [0, 0.05) is 36.1 Å². The first-order valence-electron chi connectivity index (χ1n) is 9.85. The lowest BCUT2D eigenvalue weighted by atomic mass is 9.91. The van der Waals surface area contributed by atoms with Crippen molar-refractivity contribution < 1.29 is 9.32 Å². The number of hydrogen-bond acceptors (Lipinski definition) is 4. The summed E-state index contributed by atoms with van der Waals surface area (Å²) in [7, 11) is 0. The first-order chi connectivity index (χ1) is 14.2. The fourth-order valence-corrected chi connectivity index (χ4v) is 3.22. The molecule has 2 N–H and O–H groups in total. The second-order valence-corrected chi connectivity index (χ2v) is 8.67. The van der Waals surface area contributed by atoms with Crippen LogP contribution in [0.5, 0.6) is 0 Å². The number of imidazole rings is 1. The van der Waals surface area contributed by atoms with Crippen molar-refractivity contribution in [2.24, 2.45) is 5.41 Å². The number of nitrogens with one attached hydrogen (secondary N) is 2. The highest BCUT2D eigenvalue weighted by Gasteiger charge is 2.16. The molecule has 0 aliphatic heterocycles. The largest absolute Gasteiger partial charge is 0.359 e. The Morgan fingerprint density at radius 1 is 1.07 bits per heavy atom. The van der Waals surface area contributed by atoms with Gasteiger partial charge in [-0.2, -0.15) is 0 Å². The Kier molecular flexibility index (Phi) is 5.03. The zero-order valence-electron chi connectivity index (χ0n) is 17.6. The molecule has 0 atom stereocenters.